The van der Waals surface area contributed by atoms with Gasteiger partial charge in [0, 0.05) is 6.54 Å². The third-order valence-corrected chi connectivity index (χ3v) is 4.12. The highest BCUT2D eigenvalue weighted by Gasteiger charge is 2.27. The maximum Gasteiger partial charge on any atom is 0.316 e. The van der Waals surface area contributed by atoms with Crippen LogP contribution in [0.4, 0.5) is 4.79 Å². The van der Waals surface area contributed by atoms with Gasteiger partial charge in [-0.2, -0.15) is 0 Å². The number of amides is 7. The van der Waals surface area contributed by atoms with Gasteiger partial charge in [0.2, 0.25) is 29.5 Å². The summed E-state index contributed by atoms with van der Waals surface area (Å²) in [6, 6.07) is -5.04. The summed E-state index contributed by atoms with van der Waals surface area (Å²) in [5, 5.41) is 27.5. The van der Waals surface area contributed by atoms with Gasteiger partial charge in [0.25, 0.3) is 0 Å². The molecule has 0 heterocycles. The van der Waals surface area contributed by atoms with E-state index < -0.39 is 79.4 Å². The standard InChI is InChI=1S/C18H33N7O10/c1-9(27)14(25-18(33)24-10(15(20)30)6-12(19)28)17(32)22-2-3-34-4-5-35-8-13(29)23-11(7-26)16(21)31/h9-11,14,26-27H,2-8H2,1H3,(H2,19,28)(H2,20,30)(H2,21,31)(H,22,32)(H,23,29)(H2,24,25,33)/t9?,10-,11-,14-/m0/s1. The zero-order valence-electron chi connectivity index (χ0n) is 19.2. The van der Waals surface area contributed by atoms with E-state index in [0.29, 0.717) is 0 Å². The predicted molar refractivity (Wildman–Crippen MR) is 117 cm³/mol. The largest absolute Gasteiger partial charge is 0.394 e. The van der Waals surface area contributed by atoms with Crippen molar-refractivity contribution in [3.63, 3.8) is 0 Å². The van der Waals surface area contributed by atoms with Crippen LogP contribution in [0.5, 0.6) is 0 Å². The number of hydrogen-bond donors (Lipinski definition) is 9. The number of primary amides is 3. The van der Waals surface area contributed by atoms with Crippen LogP contribution >= 0.6 is 0 Å². The minimum absolute atomic E-state index is 0.00574. The Bertz CT molecular complexity index is 749. The fourth-order valence-corrected chi connectivity index (χ4v) is 2.35. The van der Waals surface area contributed by atoms with Crippen molar-refractivity contribution in [3.8, 4) is 0 Å². The lowest BCUT2D eigenvalue weighted by Crippen LogP contribution is -2.58. The molecule has 0 aromatic carbocycles. The summed E-state index contributed by atoms with van der Waals surface area (Å²) in [4.78, 5) is 68.9. The molecule has 12 N–H and O–H groups in total. The maximum atomic E-state index is 12.2. The molecule has 0 aliphatic heterocycles. The number of rotatable bonds is 18. The minimum atomic E-state index is -1.40. The third-order valence-electron chi connectivity index (χ3n) is 4.12. The van der Waals surface area contributed by atoms with Crippen LogP contribution in [-0.4, -0.2) is 110 Å². The second kappa shape index (κ2) is 17.0. The number of carbonyl (C=O) groups is 6. The van der Waals surface area contributed by atoms with Gasteiger partial charge in [-0.05, 0) is 6.92 Å². The molecule has 4 atom stereocenters. The monoisotopic (exact) mass is 507 g/mol. The summed E-state index contributed by atoms with van der Waals surface area (Å²) in [5.41, 5.74) is 15.0. The fourth-order valence-electron chi connectivity index (χ4n) is 2.35. The average molecular weight is 508 g/mol. The Morgan fingerprint density at radius 2 is 1.46 bits per heavy atom. The third kappa shape index (κ3) is 14.4. The quantitative estimate of drug-likeness (QED) is 0.0791. The van der Waals surface area contributed by atoms with Gasteiger partial charge < -0.3 is 58.2 Å². The van der Waals surface area contributed by atoms with Crippen molar-refractivity contribution in [2.24, 2.45) is 17.2 Å². The van der Waals surface area contributed by atoms with Gasteiger partial charge in [0.1, 0.15) is 24.7 Å². The fraction of sp³-hybridized carbons (Fsp3) is 0.667. The number of carbonyl (C=O) groups excluding carboxylic acids is 6. The first-order valence-electron chi connectivity index (χ1n) is 10.3. The maximum absolute atomic E-state index is 12.2. The molecule has 0 aliphatic carbocycles. The predicted octanol–water partition coefficient (Wildman–Crippen LogP) is -6.12. The molecule has 0 aromatic heterocycles. The van der Waals surface area contributed by atoms with Gasteiger partial charge in [-0.3, -0.25) is 24.0 Å². The molecule has 0 spiro atoms. The molecular formula is C18H33N7O10. The van der Waals surface area contributed by atoms with Crippen molar-refractivity contribution in [2.75, 3.05) is 39.6 Å². The first kappa shape index (κ1) is 31.5. The topological polar surface area (TPSA) is 288 Å². The molecular weight excluding hydrogens is 474 g/mol. The van der Waals surface area contributed by atoms with E-state index in [4.69, 9.17) is 31.8 Å². The van der Waals surface area contributed by atoms with E-state index in [-0.39, 0.29) is 26.4 Å². The molecule has 1 unspecified atom stereocenters. The Kier molecular flexibility index (Phi) is 15.3. The number of nitrogens with two attached hydrogens (primary N) is 3. The van der Waals surface area contributed by atoms with Crippen LogP contribution in [-0.2, 0) is 33.4 Å². The van der Waals surface area contributed by atoms with E-state index >= 15 is 0 Å². The van der Waals surface area contributed by atoms with Crippen LogP contribution in [0.25, 0.3) is 0 Å². The minimum Gasteiger partial charge on any atom is -0.394 e. The number of hydrogen-bond acceptors (Lipinski definition) is 10. The van der Waals surface area contributed by atoms with Crippen molar-refractivity contribution >= 4 is 35.6 Å². The van der Waals surface area contributed by atoms with Crippen LogP contribution in [0, 0.1) is 0 Å². The number of aliphatic hydroxyl groups is 2. The SMILES string of the molecule is CC(O)[C@H](NC(=O)N[C@@H](CC(N)=O)C(N)=O)C(=O)NCCOCCOCC(=O)N[C@@H](CO)C(N)=O. The Morgan fingerprint density at radius 3 is 1.97 bits per heavy atom. The number of urea groups is 1. The molecule has 0 fully saturated rings. The second-order valence-corrected chi connectivity index (χ2v) is 7.12. The molecule has 0 rings (SSSR count). The van der Waals surface area contributed by atoms with Gasteiger partial charge in [-0.15, -0.1) is 0 Å². The Labute approximate surface area is 200 Å². The van der Waals surface area contributed by atoms with Crippen molar-refractivity contribution in [1.29, 1.82) is 0 Å². The molecule has 0 aliphatic rings. The summed E-state index contributed by atoms with van der Waals surface area (Å²) >= 11 is 0. The normalized spacial score (nSPS) is 14.0. The zero-order valence-corrected chi connectivity index (χ0v) is 19.2. The summed E-state index contributed by atoms with van der Waals surface area (Å²) in [6.07, 6.45) is -1.86. The molecule has 7 amide bonds. The van der Waals surface area contributed by atoms with Gasteiger partial charge in [0.15, 0.2) is 0 Å². The molecule has 0 aromatic rings. The van der Waals surface area contributed by atoms with E-state index in [1.165, 1.54) is 6.92 Å². The van der Waals surface area contributed by atoms with Gasteiger partial charge in [0.05, 0.1) is 39.0 Å². The van der Waals surface area contributed by atoms with Crippen molar-refractivity contribution in [3.05, 3.63) is 0 Å². The lowest BCUT2D eigenvalue weighted by Gasteiger charge is -2.22. The lowest BCUT2D eigenvalue weighted by molar-refractivity contribution is -0.131. The Balaban J connectivity index is 4.25. The van der Waals surface area contributed by atoms with Gasteiger partial charge in [-0.25, -0.2) is 4.79 Å². The first-order valence-corrected chi connectivity index (χ1v) is 10.3. The molecule has 200 valence electrons. The number of aliphatic hydroxyl groups excluding tert-OH is 2. The first-order chi connectivity index (χ1) is 16.4. The van der Waals surface area contributed by atoms with E-state index in [1.54, 1.807) is 0 Å². The van der Waals surface area contributed by atoms with Crippen molar-refractivity contribution in [1.82, 2.24) is 21.3 Å². The number of ether oxygens (including phenoxy) is 2. The van der Waals surface area contributed by atoms with Crippen LogP contribution in [0.3, 0.4) is 0 Å². The molecule has 35 heavy (non-hydrogen) atoms. The van der Waals surface area contributed by atoms with E-state index in [9.17, 15) is 33.9 Å². The number of nitrogens with one attached hydrogen (secondary N) is 4. The Morgan fingerprint density at radius 1 is 0.857 bits per heavy atom. The van der Waals surface area contributed by atoms with Crippen LogP contribution < -0.4 is 38.5 Å². The Hall–Kier alpha value is -3.54. The van der Waals surface area contributed by atoms with Crippen molar-refractivity contribution < 1.29 is 48.5 Å². The average Bonchev–Trinajstić information content (AvgIpc) is 2.76. The molecule has 0 saturated carbocycles. The van der Waals surface area contributed by atoms with Crippen LogP contribution in [0.15, 0.2) is 0 Å². The summed E-state index contributed by atoms with van der Waals surface area (Å²) in [5.74, 6) is -4.21. The van der Waals surface area contributed by atoms with Crippen LogP contribution in [0.1, 0.15) is 13.3 Å². The molecule has 0 bridgehead atoms. The molecule has 0 radical (unpaired) electrons. The summed E-state index contributed by atoms with van der Waals surface area (Å²) in [7, 11) is 0. The van der Waals surface area contributed by atoms with E-state index in [2.05, 4.69) is 21.3 Å². The highest BCUT2D eigenvalue weighted by molar-refractivity contribution is 5.92. The smallest absolute Gasteiger partial charge is 0.316 e. The zero-order chi connectivity index (χ0) is 27.0. The highest BCUT2D eigenvalue weighted by Crippen LogP contribution is 1.96. The van der Waals surface area contributed by atoms with Crippen molar-refractivity contribution in [2.45, 2.75) is 37.6 Å². The molecule has 17 heteroatoms. The van der Waals surface area contributed by atoms with Gasteiger partial charge in [-0.1, -0.05) is 0 Å². The summed E-state index contributed by atoms with van der Waals surface area (Å²) in [6.45, 7) is 0.281. The van der Waals surface area contributed by atoms with E-state index in [1.807, 2.05) is 0 Å². The van der Waals surface area contributed by atoms with E-state index in [0.717, 1.165) is 0 Å². The lowest BCUT2D eigenvalue weighted by atomic mass is 10.1. The highest BCUT2D eigenvalue weighted by atomic mass is 16.5. The molecule has 0 saturated heterocycles. The molecule has 17 nitrogen and oxygen atoms in total. The van der Waals surface area contributed by atoms with Gasteiger partial charge >= 0.3 is 6.03 Å². The van der Waals surface area contributed by atoms with Crippen LogP contribution in [0.2, 0.25) is 0 Å². The second-order valence-electron chi connectivity index (χ2n) is 7.12. The summed E-state index contributed by atoms with van der Waals surface area (Å²) < 4.78 is 10.2.